The maximum Gasteiger partial charge on any atom is 0.282 e. The summed E-state index contributed by atoms with van der Waals surface area (Å²) in [5.41, 5.74) is 8.10. The molecule has 0 atom stereocenters. The van der Waals surface area contributed by atoms with Gasteiger partial charge in [0, 0.05) is 11.4 Å². The Balaban J connectivity index is 2.11. The normalized spacial score (nSPS) is 12.1. The highest BCUT2D eigenvalue weighted by Gasteiger charge is 2.08. The molecule has 0 spiro atoms. The number of nitrogens with one attached hydrogen (secondary N) is 2. The average molecular weight is 322 g/mol. The molecule has 0 amide bonds. The van der Waals surface area contributed by atoms with E-state index in [-0.39, 0.29) is 16.6 Å². The van der Waals surface area contributed by atoms with Gasteiger partial charge >= 0.3 is 0 Å². The van der Waals surface area contributed by atoms with E-state index < -0.39 is 0 Å². The van der Waals surface area contributed by atoms with Crippen LogP contribution < -0.4 is 27.2 Å². The van der Waals surface area contributed by atoms with Crippen molar-refractivity contribution in [2.45, 2.75) is 13.8 Å². The summed E-state index contributed by atoms with van der Waals surface area (Å²) in [5, 5.41) is 6.50. The Morgan fingerprint density at radius 1 is 1.21 bits per heavy atom. The predicted molar refractivity (Wildman–Crippen MR) is 93.9 cm³/mol. The van der Waals surface area contributed by atoms with Crippen molar-refractivity contribution in [2.24, 2.45) is 5.73 Å². The third kappa shape index (κ3) is 2.91. The molecule has 0 saturated carbocycles. The number of hydrogen-bond donors (Lipinski definition) is 3. The zero-order valence-electron chi connectivity index (χ0n) is 13.5. The first kappa shape index (κ1) is 15.5. The molecule has 0 fully saturated rings. The Bertz CT molecular complexity index is 1030. The van der Waals surface area contributed by atoms with Crippen molar-refractivity contribution in [1.29, 1.82) is 0 Å². The molecule has 7 nitrogen and oxygen atoms in total. The van der Waals surface area contributed by atoms with E-state index in [1.54, 1.807) is 0 Å². The number of anilines is 1. The summed E-state index contributed by atoms with van der Waals surface area (Å²) >= 11 is 0. The van der Waals surface area contributed by atoms with E-state index in [1.165, 1.54) is 4.68 Å². The highest BCUT2D eigenvalue weighted by atomic mass is 16.1. The van der Waals surface area contributed by atoms with Crippen LogP contribution in [-0.4, -0.2) is 19.7 Å². The average Bonchev–Trinajstić information content (AvgIpc) is 2.82. The van der Waals surface area contributed by atoms with Gasteiger partial charge in [-0.3, -0.25) is 9.89 Å². The zero-order valence-corrected chi connectivity index (χ0v) is 13.5. The number of H-pyrrole nitrogens is 1. The van der Waals surface area contributed by atoms with Crippen molar-refractivity contribution in [2.75, 3.05) is 5.32 Å². The Morgan fingerprint density at radius 2 is 1.83 bits per heavy atom. The summed E-state index contributed by atoms with van der Waals surface area (Å²) in [6.07, 6.45) is 0. The third-order valence-electron chi connectivity index (χ3n) is 3.48. The van der Waals surface area contributed by atoms with Crippen molar-refractivity contribution in [3.63, 3.8) is 0 Å². The summed E-state index contributed by atoms with van der Waals surface area (Å²) in [5.74, 6) is 0.497. The van der Waals surface area contributed by atoms with Gasteiger partial charge in [0.2, 0.25) is 5.95 Å². The van der Waals surface area contributed by atoms with Gasteiger partial charge in [0.05, 0.1) is 11.0 Å². The van der Waals surface area contributed by atoms with Gasteiger partial charge in [0.15, 0.2) is 0 Å². The monoisotopic (exact) mass is 322 g/mol. The fourth-order valence-corrected chi connectivity index (χ4v) is 2.48. The summed E-state index contributed by atoms with van der Waals surface area (Å²) in [4.78, 5) is 21.2. The van der Waals surface area contributed by atoms with E-state index >= 15 is 0 Å². The maximum absolute atomic E-state index is 12.7. The third-order valence-corrected chi connectivity index (χ3v) is 3.48. The van der Waals surface area contributed by atoms with Gasteiger partial charge < -0.3 is 11.1 Å². The lowest BCUT2D eigenvalue weighted by atomic mass is 10.3. The highest BCUT2D eigenvalue weighted by Crippen LogP contribution is 2.04. The molecular formula is C17H18N6O. The van der Waals surface area contributed by atoms with E-state index in [0.717, 1.165) is 11.4 Å². The number of aryl methyl sites for hydroxylation is 2. The number of nitrogens with two attached hydrogens (primary N) is 1. The minimum absolute atomic E-state index is 0.154. The molecule has 3 aromatic rings. The number of rotatable bonds is 3. The Morgan fingerprint density at radius 3 is 2.46 bits per heavy atom. The topological polar surface area (TPSA) is 102 Å². The lowest BCUT2D eigenvalue weighted by Gasteiger charge is -2.05. The Hall–Kier alpha value is -3.35. The Labute approximate surface area is 138 Å². The summed E-state index contributed by atoms with van der Waals surface area (Å²) in [6, 6.07) is 11.1. The van der Waals surface area contributed by atoms with Crippen LogP contribution in [0.25, 0.3) is 18.1 Å². The summed E-state index contributed by atoms with van der Waals surface area (Å²) < 4.78 is 1.40. The standard InChI is InChI=1S/C17H18N6O/c1-10-9-11(2)20-17(19-10)21-15(18)14-12(3)22-23(16(14)24)13-7-5-4-6-8-13/h4-9,22H,3,18H2,1-2H3,(H,19,20,21)/b15-14-. The minimum atomic E-state index is -0.291. The predicted octanol–water partition coefficient (Wildman–Crippen LogP) is 0.119. The number of hydrogen-bond acceptors (Lipinski definition) is 5. The lowest BCUT2D eigenvalue weighted by Crippen LogP contribution is -2.40. The van der Waals surface area contributed by atoms with E-state index in [9.17, 15) is 4.79 Å². The summed E-state index contributed by atoms with van der Waals surface area (Å²) in [7, 11) is 0. The number of aromatic amines is 1. The number of para-hydroxylation sites is 1. The number of aromatic nitrogens is 4. The van der Waals surface area contributed by atoms with Crippen LogP contribution in [0.15, 0.2) is 41.2 Å². The van der Waals surface area contributed by atoms with Gasteiger partial charge in [-0.15, -0.1) is 0 Å². The van der Waals surface area contributed by atoms with Crippen molar-refractivity contribution in [1.82, 2.24) is 19.7 Å². The molecule has 0 aliphatic heterocycles. The first-order chi connectivity index (χ1) is 11.5. The molecule has 0 aliphatic rings. The van der Waals surface area contributed by atoms with Crippen LogP contribution in [0.3, 0.4) is 0 Å². The summed E-state index contributed by atoms with van der Waals surface area (Å²) in [6.45, 7) is 7.59. The van der Waals surface area contributed by atoms with Gasteiger partial charge in [-0.2, -0.15) is 0 Å². The fraction of sp³-hybridized carbons (Fsp3) is 0.118. The molecule has 2 aromatic heterocycles. The van der Waals surface area contributed by atoms with Gasteiger partial charge in [-0.05, 0) is 32.0 Å². The second-order valence-corrected chi connectivity index (χ2v) is 5.45. The first-order valence-electron chi connectivity index (χ1n) is 7.40. The van der Waals surface area contributed by atoms with Gasteiger partial charge in [-0.1, -0.05) is 24.8 Å². The largest absolute Gasteiger partial charge is 0.384 e. The van der Waals surface area contributed by atoms with Crippen LogP contribution in [0.2, 0.25) is 0 Å². The molecule has 0 bridgehead atoms. The molecule has 0 unspecified atom stereocenters. The molecule has 4 N–H and O–H groups in total. The van der Waals surface area contributed by atoms with Crippen molar-refractivity contribution >= 4 is 18.3 Å². The molecule has 122 valence electrons. The Kier molecular flexibility index (Phi) is 3.91. The van der Waals surface area contributed by atoms with Crippen LogP contribution in [0.5, 0.6) is 0 Å². The van der Waals surface area contributed by atoms with Crippen molar-refractivity contribution < 1.29 is 0 Å². The molecule has 0 saturated heterocycles. The van der Waals surface area contributed by atoms with E-state index in [2.05, 4.69) is 27.0 Å². The molecule has 7 heteroatoms. The van der Waals surface area contributed by atoms with Crippen molar-refractivity contribution in [3.8, 4) is 5.69 Å². The van der Waals surface area contributed by atoms with E-state index in [4.69, 9.17) is 5.73 Å². The van der Waals surface area contributed by atoms with Gasteiger partial charge in [0.1, 0.15) is 11.0 Å². The molecule has 0 aliphatic carbocycles. The van der Waals surface area contributed by atoms with Crippen LogP contribution in [-0.2, 0) is 0 Å². The molecular weight excluding hydrogens is 304 g/mol. The highest BCUT2D eigenvalue weighted by molar-refractivity contribution is 5.56. The van der Waals surface area contributed by atoms with Crippen LogP contribution in [0.1, 0.15) is 11.4 Å². The molecule has 2 heterocycles. The van der Waals surface area contributed by atoms with Crippen molar-refractivity contribution in [3.05, 3.63) is 68.7 Å². The minimum Gasteiger partial charge on any atom is -0.384 e. The number of benzene rings is 1. The maximum atomic E-state index is 12.7. The van der Waals surface area contributed by atoms with Gasteiger partial charge in [0.25, 0.3) is 5.56 Å². The van der Waals surface area contributed by atoms with E-state index in [0.29, 0.717) is 17.0 Å². The van der Waals surface area contributed by atoms with Crippen LogP contribution >= 0.6 is 0 Å². The molecule has 1 aromatic carbocycles. The number of nitrogens with zero attached hydrogens (tertiary/aromatic N) is 3. The second kappa shape index (κ2) is 6.04. The second-order valence-electron chi connectivity index (χ2n) is 5.45. The SMILES string of the molecule is C=c1[nH]n(-c2ccccc2)c(=O)/c1=C(/N)Nc1nc(C)cc(C)n1. The fourth-order valence-electron chi connectivity index (χ4n) is 2.48. The smallest absolute Gasteiger partial charge is 0.282 e. The van der Waals surface area contributed by atoms with Crippen LogP contribution in [0, 0.1) is 13.8 Å². The first-order valence-corrected chi connectivity index (χ1v) is 7.40. The van der Waals surface area contributed by atoms with Gasteiger partial charge in [-0.25, -0.2) is 14.6 Å². The molecule has 0 radical (unpaired) electrons. The zero-order chi connectivity index (χ0) is 17.3. The molecule has 3 rings (SSSR count). The molecule has 24 heavy (non-hydrogen) atoms. The lowest BCUT2D eigenvalue weighted by molar-refractivity contribution is 0.838. The quantitative estimate of drug-likeness (QED) is 0.636. The van der Waals surface area contributed by atoms with Crippen LogP contribution in [0.4, 0.5) is 5.95 Å². The van der Waals surface area contributed by atoms with E-state index in [1.807, 2.05) is 50.2 Å².